The van der Waals surface area contributed by atoms with Crippen molar-refractivity contribution in [2.45, 2.75) is 199 Å². The molecule has 0 spiro atoms. The number of aliphatic hydroxyl groups excluding tert-OH is 1. The third kappa shape index (κ3) is 30.5. The molecule has 0 aliphatic carbocycles. The van der Waals surface area contributed by atoms with E-state index < -0.39 is 28.0 Å². The van der Waals surface area contributed by atoms with E-state index >= 15 is 0 Å². The molecule has 2 atom stereocenters. The van der Waals surface area contributed by atoms with E-state index in [0.29, 0.717) is 6.42 Å². The monoisotopic (exact) mass is 615 g/mol. The van der Waals surface area contributed by atoms with Gasteiger partial charge in [-0.25, -0.2) is 0 Å². The van der Waals surface area contributed by atoms with Crippen LogP contribution in [0.3, 0.4) is 0 Å². The maximum atomic E-state index is 12.4. The molecular formula is C35H69NO5S. The molecule has 6 nitrogen and oxygen atoms in total. The molecule has 0 saturated carbocycles. The number of allylic oxidation sites excluding steroid dienone is 1. The van der Waals surface area contributed by atoms with E-state index in [1.54, 1.807) is 6.08 Å². The Kier molecular flexibility index (Phi) is 29.5. The van der Waals surface area contributed by atoms with Crippen LogP contribution in [0.5, 0.6) is 0 Å². The number of hydrogen-bond donors (Lipinski definition) is 3. The van der Waals surface area contributed by atoms with Crippen molar-refractivity contribution in [1.29, 1.82) is 0 Å². The molecule has 42 heavy (non-hydrogen) atoms. The van der Waals surface area contributed by atoms with Crippen molar-refractivity contribution in [3.63, 3.8) is 0 Å². The fourth-order valence-electron chi connectivity index (χ4n) is 5.51. The molecule has 1 amide bonds. The van der Waals surface area contributed by atoms with E-state index in [4.69, 9.17) is 0 Å². The molecule has 250 valence electrons. The highest BCUT2D eigenvalue weighted by Crippen LogP contribution is 2.14. The number of nitrogens with one attached hydrogen (secondary N) is 1. The van der Waals surface area contributed by atoms with Gasteiger partial charge in [0.2, 0.25) is 5.91 Å². The first-order valence-corrected chi connectivity index (χ1v) is 19.5. The largest absolute Gasteiger partial charge is 0.387 e. The molecule has 0 heterocycles. The normalized spacial score (nSPS) is 13.5. The van der Waals surface area contributed by atoms with Gasteiger partial charge in [-0.15, -0.1) is 0 Å². The van der Waals surface area contributed by atoms with Crippen molar-refractivity contribution < 1.29 is 22.9 Å². The number of aliphatic hydroxyl groups is 1. The summed E-state index contributed by atoms with van der Waals surface area (Å²) in [7, 11) is -4.33. The number of rotatable bonds is 32. The molecule has 0 aromatic heterocycles. The highest BCUT2D eigenvalue weighted by atomic mass is 32.2. The molecule has 0 bridgehead atoms. The SMILES string of the molecule is CCCCCCCCCCCCC/C=C/C(O)C(CS(=O)(=O)O)NC(=O)CCCCCCCCCCCCCCCC. The van der Waals surface area contributed by atoms with Gasteiger partial charge in [0.05, 0.1) is 17.9 Å². The molecule has 2 unspecified atom stereocenters. The van der Waals surface area contributed by atoms with Crippen LogP contribution in [0.1, 0.15) is 187 Å². The first kappa shape index (κ1) is 41.1. The second-order valence-corrected chi connectivity index (χ2v) is 14.0. The van der Waals surface area contributed by atoms with E-state index in [1.807, 2.05) is 6.08 Å². The number of carbonyl (C=O) groups excluding carboxylic acids is 1. The Hall–Kier alpha value is -0.920. The Bertz CT molecular complexity index is 725. The Morgan fingerprint density at radius 1 is 0.619 bits per heavy atom. The van der Waals surface area contributed by atoms with Crippen LogP contribution < -0.4 is 5.32 Å². The summed E-state index contributed by atoms with van der Waals surface area (Å²) in [6.07, 6.45) is 34.7. The maximum absolute atomic E-state index is 12.4. The Morgan fingerprint density at radius 3 is 1.36 bits per heavy atom. The zero-order chi connectivity index (χ0) is 31.2. The number of amides is 1. The summed E-state index contributed by atoms with van der Waals surface area (Å²) in [6.45, 7) is 4.50. The van der Waals surface area contributed by atoms with Crippen LogP contribution in [0, 0.1) is 0 Å². The summed E-state index contributed by atoms with van der Waals surface area (Å²) < 4.78 is 32.3. The zero-order valence-corrected chi connectivity index (χ0v) is 28.5. The van der Waals surface area contributed by atoms with E-state index in [2.05, 4.69) is 19.2 Å². The molecule has 0 aliphatic rings. The van der Waals surface area contributed by atoms with Crippen LogP contribution in [-0.4, -0.2) is 41.9 Å². The Labute approximate surface area is 261 Å². The Morgan fingerprint density at radius 2 is 0.976 bits per heavy atom. The second-order valence-electron chi connectivity index (χ2n) is 12.5. The standard InChI is InChI=1S/C35H69NO5S/c1-3-5-7-9-11-13-15-17-19-21-23-25-27-29-31-35(38)36-33(32-42(39,40)41)34(37)30-28-26-24-22-20-18-16-14-12-10-8-6-4-2/h28,30,33-34,37H,3-27,29,31-32H2,1-2H3,(H,36,38)(H,39,40,41)/b30-28+. The van der Waals surface area contributed by atoms with Crippen molar-refractivity contribution in [1.82, 2.24) is 5.32 Å². The topological polar surface area (TPSA) is 104 Å². The quantitative estimate of drug-likeness (QED) is 0.0397. The molecule has 7 heteroatoms. The van der Waals surface area contributed by atoms with E-state index in [9.17, 15) is 22.9 Å². The lowest BCUT2D eigenvalue weighted by Gasteiger charge is -2.21. The Balaban J connectivity index is 3.98. The van der Waals surface area contributed by atoms with Gasteiger partial charge < -0.3 is 10.4 Å². The minimum atomic E-state index is -4.33. The molecule has 0 aliphatic heterocycles. The van der Waals surface area contributed by atoms with Gasteiger partial charge in [-0.05, 0) is 19.3 Å². The summed E-state index contributed by atoms with van der Waals surface area (Å²) in [5.74, 6) is -0.970. The van der Waals surface area contributed by atoms with Gasteiger partial charge in [-0.3, -0.25) is 9.35 Å². The summed E-state index contributed by atoms with van der Waals surface area (Å²) in [5.41, 5.74) is 0. The zero-order valence-electron chi connectivity index (χ0n) is 27.6. The molecule has 3 N–H and O–H groups in total. The van der Waals surface area contributed by atoms with Gasteiger partial charge in [0.25, 0.3) is 10.1 Å². The minimum absolute atomic E-state index is 0.277. The smallest absolute Gasteiger partial charge is 0.267 e. The molecule has 0 rings (SSSR count). The van der Waals surface area contributed by atoms with E-state index in [1.165, 1.54) is 128 Å². The first-order valence-electron chi connectivity index (χ1n) is 17.9. The fourth-order valence-corrected chi connectivity index (χ4v) is 6.24. The van der Waals surface area contributed by atoms with E-state index in [0.717, 1.165) is 38.5 Å². The summed E-state index contributed by atoms with van der Waals surface area (Å²) in [5, 5.41) is 13.2. The van der Waals surface area contributed by atoms with Crippen LogP contribution in [-0.2, 0) is 14.9 Å². The number of carbonyl (C=O) groups is 1. The van der Waals surface area contributed by atoms with Crippen molar-refractivity contribution in [3.8, 4) is 0 Å². The predicted molar refractivity (Wildman–Crippen MR) is 180 cm³/mol. The summed E-state index contributed by atoms with van der Waals surface area (Å²) in [6, 6.07) is -1.05. The van der Waals surface area contributed by atoms with Crippen molar-refractivity contribution in [2.75, 3.05) is 5.75 Å². The van der Waals surface area contributed by atoms with Crippen LogP contribution in [0.2, 0.25) is 0 Å². The first-order chi connectivity index (χ1) is 20.3. The fraction of sp³-hybridized carbons (Fsp3) is 0.914. The van der Waals surface area contributed by atoms with Crippen LogP contribution in [0.25, 0.3) is 0 Å². The van der Waals surface area contributed by atoms with Gasteiger partial charge in [0, 0.05) is 6.42 Å². The van der Waals surface area contributed by atoms with Crippen LogP contribution in [0.4, 0.5) is 0 Å². The third-order valence-corrected chi connectivity index (χ3v) is 8.99. The van der Waals surface area contributed by atoms with Gasteiger partial charge in [-0.2, -0.15) is 8.42 Å². The van der Waals surface area contributed by atoms with Crippen molar-refractivity contribution in [3.05, 3.63) is 12.2 Å². The molecule has 0 saturated heterocycles. The molecular weight excluding hydrogens is 546 g/mol. The lowest BCUT2D eigenvalue weighted by atomic mass is 10.0. The lowest BCUT2D eigenvalue weighted by molar-refractivity contribution is -0.122. The average molecular weight is 616 g/mol. The molecule has 0 radical (unpaired) electrons. The van der Waals surface area contributed by atoms with Gasteiger partial charge in [0.15, 0.2) is 0 Å². The third-order valence-electron chi connectivity index (χ3n) is 8.21. The molecule has 0 aromatic carbocycles. The summed E-state index contributed by atoms with van der Waals surface area (Å²) in [4.78, 5) is 12.4. The maximum Gasteiger partial charge on any atom is 0.267 e. The van der Waals surface area contributed by atoms with Gasteiger partial charge >= 0.3 is 0 Å². The number of hydrogen-bond acceptors (Lipinski definition) is 4. The average Bonchev–Trinajstić information content (AvgIpc) is 2.94. The van der Waals surface area contributed by atoms with Gasteiger partial charge in [0.1, 0.15) is 0 Å². The summed E-state index contributed by atoms with van der Waals surface area (Å²) >= 11 is 0. The molecule has 0 fully saturated rings. The lowest BCUT2D eigenvalue weighted by Crippen LogP contribution is -2.46. The van der Waals surface area contributed by atoms with Crippen molar-refractivity contribution >= 4 is 16.0 Å². The van der Waals surface area contributed by atoms with E-state index in [-0.39, 0.29) is 5.91 Å². The van der Waals surface area contributed by atoms with Crippen LogP contribution >= 0.6 is 0 Å². The highest BCUT2D eigenvalue weighted by molar-refractivity contribution is 7.85. The minimum Gasteiger partial charge on any atom is -0.387 e. The molecule has 0 aromatic rings. The predicted octanol–water partition coefficient (Wildman–Crippen LogP) is 9.85. The van der Waals surface area contributed by atoms with Gasteiger partial charge in [-0.1, -0.05) is 174 Å². The highest BCUT2D eigenvalue weighted by Gasteiger charge is 2.24. The van der Waals surface area contributed by atoms with Crippen LogP contribution in [0.15, 0.2) is 12.2 Å². The van der Waals surface area contributed by atoms with Crippen molar-refractivity contribution in [2.24, 2.45) is 0 Å². The second kappa shape index (κ2) is 30.1. The number of unbranched alkanes of at least 4 members (excludes halogenated alkanes) is 24.